The Morgan fingerprint density at radius 3 is 2.25 bits per heavy atom. The topological polar surface area (TPSA) is 294 Å². The van der Waals surface area contributed by atoms with E-state index in [0.717, 1.165) is 19.3 Å². The maximum Gasteiger partial charge on any atom is 0.472 e. The van der Waals surface area contributed by atoms with Crippen LogP contribution in [0.25, 0.3) is 0 Å². The summed E-state index contributed by atoms with van der Waals surface area (Å²) in [5, 5.41) is 20.2. The molecule has 0 aliphatic carbocycles. The first-order chi connectivity index (χ1) is 29.9. The van der Waals surface area contributed by atoms with E-state index in [9.17, 15) is 43.3 Å². The van der Waals surface area contributed by atoms with Crippen LogP contribution in [0, 0.1) is 5.92 Å². The number of phosphoric acid groups is 1. The van der Waals surface area contributed by atoms with Gasteiger partial charge in [0, 0.05) is 44.8 Å². The van der Waals surface area contributed by atoms with Crippen molar-refractivity contribution in [3.8, 4) is 0 Å². The van der Waals surface area contributed by atoms with E-state index in [0.29, 0.717) is 31.6 Å². The smallest absolute Gasteiger partial charge is 0.394 e. The fraction of sp³-hybridized carbons (Fsp3) is 0.595. The number of aryl methyl sites for hydroxylation is 1. The highest BCUT2D eigenvalue weighted by molar-refractivity contribution is 7.47. The Balaban J connectivity index is 1.68. The number of aromatic amines is 1. The number of hydrogen-bond donors (Lipinski definition) is 8. The number of imidazole rings is 1. The summed E-state index contributed by atoms with van der Waals surface area (Å²) in [4.78, 5) is 98.4. The number of carbonyl (C=O) groups excluding carboxylic acids is 6. The van der Waals surface area contributed by atoms with Crippen LogP contribution in [0.15, 0.2) is 55.5 Å². The molecular formula is C42H65N8O12P. The SMILES string of the molecule is C=CCCCCOP(=O)(O)O[C@H](C)C(NC(=O)[C@H](CO)NC(=O)[C@H](Cc1cnc[nH]1)NC(=O)[C@H](CC(C)C)NC(=O)[C@@H]1C[C@@H](OCCCCc2ccccc2)CN1C(C)=O)C(N)=O. The molecule has 8 atom stereocenters. The van der Waals surface area contributed by atoms with Crippen molar-refractivity contribution in [1.29, 1.82) is 0 Å². The van der Waals surface area contributed by atoms with Gasteiger partial charge < -0.3 is 51.6 Å². The number of allylic oxidation sites excluding steroid dienone is 1. The molecule has 9 N–H and O–H groups in total. The molecule has 3 rings (SSSR count). The lowest BCUT2D eigenvalue weighted by Crippen LogP contribution is -2.61. The number of rotatable bonds is 29. The van der Waals surface area contributed by atoms with Gasteiger partial charge in [0.1, 0.15) is 30.2 Å². The number of nitrogens with zero attached hydrogens (tertiary/aromatic N) is 2. The first-order valence-corrected chi connectivity index (χ1v) is 22.7. The average Bonchev–Trinajstić information content (AvgIpc) is 3.91. The van der Waals surface area contributed by atoms with Crippen LogP contribution in [0.3, 0.4) is 0 Å². The highest BCUT2D eigenvalue weighted by Crippen LogP contribution is 2.45. The molecule has 63 heavy (non-hydrogen) atoms. The summed E-state index contributed by atoms with van der Waals surface area (Å²) in [5.74, 6) is -4.95. The van der Waals surface area contributed by atoms with E-state index in [-0.39, 0.29) is 50.3 Å². The molecule has 0 saturated carbocycles. The monoisotopic (exact) mass is 904 g/mol. The van der Waals surface area contributed by atoms with Gasteiger partial charge in [0.25, 0.3) is 0 Å². The molecule has 0 radical (unpaired) electrons. The number of hydrogen-bond acceptors (Lipinski definition) is 12. The fourth-order valence-corrected chi connectivity index (χ4v) is 7.88. The van der Waals surface area contributed by atoms with Crippen LogP contribution in [-0.2, 0) is 60.0 Å². The van der Waals surface area contributed by atoms with Gasteiger partial charge in [-0.25, -0.2) is 9.55 Å². The van der Waals surface area contributed by atoms with E-state index in [1.165, 1.54) is 36.8 Å². The highest BCUT2D eigenvalue weighted by Gasteiger charge is 2.41. The average molecular weight is 905 g/mol. The van der Waals surface area contributed by atoms with Crippen LogP contribution in [-0.4, -0.2) is 129 Å². The molecule has 20 nitrogen and oxygen atoms in total. The molecule has 1 fully saturated rings. The predicted octanol–water partition coefficient (Wildman–Crippen LogP) is 1.32. The van der Waals surface area contributed by atoms with Gasteiger partial charge in [-0.05, 0) is 63.4 Å². The largest absolute Gasteiger partial charge is 0.472 e. The van der Waals surface area contributed by atoms with Gasteiger partial charge >= 0.3 is 7.82 Å². The lowest BCUT2D eigenvalue weighted by molar-refractivity contribution is -0.139. The summed E-state index contributed by atoms with van der Waals surface area (Å²) in [5.41, 5.74) is 7.12. The number of benzene rings is 1. The fourth-order valence-electron chi connectivity index (χ4n) is 6.92. The lowest BCUT2D eigenvalue weighted by atomic mass is 10.0. The maximum atomic E-state index is 14.0. The van der Waals surface area contributed by atoms with E-state index in [1.54, 1.807) is 6.08 Å². The zero-order valence-corrected chi connectivity index (χ0v) is 37.4. The van der Waals surface area contributed by atoms with Crippen molar-refractivity contribution in [2.75, 3.05) is 26.4 Å². The van der Waals surface area contributed by atoms with Crippen molar-refractivity contribution in [2.45, 2.75) is 128 Å². The summed E-state index contributed by atoms with van der Waals surface area (Å²) in [6.07, 6.45) is 7.11. The molecule has 350 valence electrons. The second-order valence-corrected chi connectivity index (χ2v) is 17.3. The minimum absolute atomic E-state index is 0.110. The summed E-state index contributed by atoms with van der Waals surface area (Å²) in [6.45, 7) is 9.39. The van der Waals surface area contributed by atoms with E-state index < -0.39 is 80.3 Å². The van der Waals surface area contributed by atoms with Crippen LogP contribution in [0.5, 0.6) is 0 Å². The Morgan fingerprint density at radius 2 is 1.63 bits per heavy atom. The standard InChI is InChI=1S/C42H65N8O12P/c1-6-7-8-13-19-61-63(58,59)62-28(4)37(38(43)53)49-41(56)35(25-51)48-40(55)34(21-31-23-44-26-45-31)46-39(54)33(20-27(2)3)47-42(57)36-22-32(24-50(36)29(5)52)60-18-14-12-17-30-15-10-9-11-16-30/h6,9-11,15-16,23,26-28,32-37,51H,1,7-8,12-14,17-22,24-25H2,2-5H3,(H2,43,53)(H,44,45)(H,46,54)(H,47,57)(H,48,55)(H,49,56)(H,58,59)/t28-,32-,33+,34+,35+,36+,37?/m1/s1. The quantitative estimate of drug-likeness (QED) is 0.0325. The molecule has 21 heteroatoms. The second kappa shape index (κ2) is 26.6. The number of likely N-dealkylation sites (tertiary alicyclic amines) is 1. The molecular weight excluding hydrogens is 839 g/mol. The van der Waals surface area contributed by atoms with Gasteiger partial charge in [-0.15, -0.1) is 6.58 Å². The molecule has 2 unspecified atom stereocenters. The van der Waals surface area contributed by atoms with Crippen LogP contribution in [0.1, 0.15) is 83.9 Å². The molecule has 1 aliphatic rings. The lowest BCUT2D eigenvalue weighted by Gasteiger charge is -2.28. The molecule has 0 spiro atoms. The van der Waals surface area contributed by atoms with E-state index in [4.69, 9.17) is 19.5 Å². The van der Waals surface area contributed by atoms with Gasteiger partial charge in [-0.3, -0.25) is 37.8 Å². The van der Waals surface area contributed by atoms with Gasteiger partial charge in [0.2, 0.25) is 35.4 Å². The zero-order valence-electron chi connectivity index (χ0n) is 36.5. The van der Waals surface area contributed by atoms with Crippen LogP contribution >= 0.6 is 7.82 Å². The van der Waals surface area contributed by atoms with Crippen LogP contribution in [0.4, 0.5) is 0 Å². The number of aromatic nitrogens is 2. The van der Waals surface area contributed by atoms with E-state index in [1.807, 2.05) is 32.0 Å². The molecule has 0 bridgehead atoms. The number of unbranched alkanes of at least 4 members (excludes halogenated alkanes) is 3. The third kappa shape index (κ3) is 18.3. The number of primary amides is 1. The number of amides is 6. The third-order valence-electron chi connectivity index (χ3n) is 10.2. The Morgan fingerprint density at radius 1 is 0.968 bits per heavy atom. The molecule has 1 aromatic carbocycles. The van der Waals surface area contributed by atoms with Gasteiger partial charge in [-0.2, -0.15) is 0 Å². The Bertz CT molecular complexity index is 1840. The van der Waals surface area contributed by atoms with Gasteiger partial charge in [0.05, 0.1) is 31.7 Å². The molecule has 2 heterocycles. The number of ether oxygens (including phenoxy) is 1. The molecule has 6 amide bonds. The second-order valence-electron chi connectivity index (χ2n) is 15.9. The molecule has 1 aliphatic heterocycles. The summed E-state index contributed by atoms with van der Waals surface area (Å²) >= 11 is 0. The minimum atomic E-state index is -4.70. The van der Waals surface area contributed by atoms with Gasteiger partial charge in [0.15, 0.2) is 0 Å². The van der Waals surface area contributed by atoms with Crippen molar-refractivity contribution >= 4 is 43.3 Å². The highest BCUT2D eigenvalue weighted by atomic mass is 31.2. The number of carbonyl (C=O) groups is 6. The van der Waals surface area contributed by atoms with E-state index >= 15 is 0 Å². The maximum absolute atomic E-state index is 14.0. The number of aliphatic hydroxyl groups is 1. The number of phosphoric ester groups is 1. The van der Waals surface area contributed by atoms with Crippen LogP contribution < -0.4 is 27.0 Å². The summed E-state index contributed by atoms with van der Waals surface area (Å²) in [6, 6.07) is 3.20. The minimum Gasteiger partial charge on any atom is -0.394 e. The summed E-state index contributed by atoms with van der Waals surface area (Å²) in [7, 11) is -4.70. The van der Waals surface area contributed by atoms with Crippen molar-refractivity contribution in [3.05, 3.63) is 66.8 Å². The van der Waals surface area contributed by atoms with Crippen molar-refractivity contribution < 1.29 is 57.1 Å². The van der Waals surface area contributed by atoms with Crippen molar-refractivity contribution in [1.82, 2.24) is 36.1 Å². The first kappa shape index (κ1) is 52.4. The third-order valence-corrected chi connectivity index (χ3v) is 11.3. The van der Waals surface area contributed by atoms with Gasteiger partial charge in [-0.1, -0.05) is 50.3 Å². The Labute approximate surface area is 368 Å². The number of nitrogens with one attached hydrogen (secondary N) is 5. The normalized spacial score (nSPS) is 18.3. The van der Waals surface area contributed by atoms with Crippen molar-refractivity contribution in [3.63, 3.8) is 0 Å². The summed E-state index contributed by atoms with van der Waals surface area (Å²) < 4.78 is 28.6. The van der Waals surface area contributed by atoms with Crippen LogP contribution in [0.2, 0.25) is 0 Å². The Kier molecular flexibility index (Phi) is 22.1. The van der Waals surface area contributed by atoms with E-state index in [2.05, 4.69) is 49.9 Å². The zero-order chi connectivity index (χ0) is 46.5. The molecule has 1 saturated heterocycles. The molecule has 2 aromatic rings. The number of nitrogens with two attached hydrogens (primary N) is 1. The Hall–Kier alpha value is -4.98. The first-order valence-electron chi connectivity index (χ1n) is 21.2. The number of H-pyrrole nitrogens is 1. The molecule has 1 aromatic heterocycles. The predicted molar refractivity (Wildman–Crippen MR) is 231 cm³/mol. The number of aliphatic hydroxyl groups excluding tert-OH is 1. The van der Waals surface area contributed by atoms with Crippen molar-refractivity contribution in [2.24, 2.45) is 11.7 Å².